The van der Waals surface area contributed by atoms with Gasteiger partial charge in [0, 0.05) is 15.7 Å². The first-order valence-electron chi connectivity index (χ1n) is 5.17. The molecule has 0 saturated carbocycles. The molecule has 18 heavy (non-hydrogen) atoms. The van der Waals surface area contributed by atoms with Crippen molar-refractivity contribution in [3.63, 3.8) is 0 Å². The van der Waals surface area contributed by atoms with Gasteiger partial charge in [0.2, 0.25) is 5.82 Å². The Bertz CT molecular complexity index is 676. The summed E-state index contributed by atoms with van der Waals surface area (Å²) in [7, 11) is 0. The van der Waals surface area contributed by atoms with Gasteiger partial charge in [-0.2, -0.15) is 4.98 Å². The van der Waals surface area contributed by atoms with Crippen LogP contribution in [0, 0.1) is 0 Å². The number of aromatic nitrogens is 2. The van der Waals surface area contributed by atoms with Crippen molar-refractivity contribution >= 4 is 21.6 Å². The first kappa shape index (κ1) is 11.0. The maximum absolute atomic E-state index is 5.80. The summed E-state index contributed by atoms with van der Waals surface area (Å²) < 4.78 is 11.2. The number of nitrogens with zero attached hydrogens (tertiary/aromatic N) is 2. The zero-order valence-corrected chi connectivity index (χ0v) is 10.7. The fourth-order valence-electron chi connectivity index (χ4n) is 1.52. The molecule has 1 aromatic carbocycles. The van der Waals surface area contributed by atoms with Crippen LogP contribution in [0.2, 0.25) is 0 Å². The molecule has 0 spiro atoms. The third-order valence-corrected chi connectivity index (χ3v) is 3.13. The predicted molar refractivity (Wildman–Crippen MR) is 69.5 cm³/mol. The second-order valence-electron chi connectivity index (χ2n) is 3.64. The predicted octanol–water partition coefficient (Wildman–Crippen LogP) is 3.34. The molecule has 0 radical (unpaired) electrons. The molecule has 0 aliphatic carbocycles. The Balaban J connectivity index is 2.00. The number of hydrogen-bond acceptors (Lipinski definition) is 5. The van der Waals surface area contributed by atoms with Gasteiger partial charge in [-0.1, -0.05) is 5.16 Å². The van der Waals surface area contributed by atoms with Crippen LogP contribution in [-0.2, 0) is 0 Å². The van der Waals surface area contributed by atoms with Crippen LogP contribution >= 0.6 is 15.9 Å². The second kappa shape index (κ2) is 4.30. The van der Waals surface area contributed by atoms with Gasteiger partial charge in [0.05, 0.1) is 6.26 Å². The number of furan rings is 1. The van der Waals surface area contributed by atoms with Crippen LogP contribution in [0.3, 0.4) is 0 Å². The number of halogens is 1. The van der Waals surface area contributed by atoms with E-state index in [2.05, 4.69) is 26.1 Å². The van der Waals surface area contributed by atoms with Gasteiger partial charge in [-0.15, -0.1) is 0 Å². The minimum Gasteiger partial charge on any atom is -0.461 e. The fourth-order valence-corrected chi connectivity index (χ4v) is 1.77. The lowest BCUT2D eigenvalue weighted by molar-refractivity contribution is 0.429. The molecular formula is C12H8BrN3O2. The Labute approximate surface area is 111 Å². The molecule has 0 fully saturated rings. The molecule has 0 bridgehead atoms. The van der Waals surface area contributed by atoms with Crippen molar-refractivity contribution in [2.75, 3.05) is 5.73 Å². The molecule has 3 aromatic rings. The van der Waals surface area contributed by atoms with E-state index in [4.69, 9.17) is 14.7 Å². The van der Waals surface area contributed by atoms with E-state index in [0.29, 0.717) is 23.2 Å². The zero-order valence-electron chi connectivity index (χ0n) is 9.13. The monoisotopic (exact) mass is 305 g/mol. The molecular weight excluding hydrogens is 298 g/mol. The summed E-state index contributed by atoms with van der Waals surface area (Å²) in [6, 6.07) is 8.98. The van der Waals surface area contributed by atoms with Crippen molar-refractivity contribution in [3.05, 3.63) is 41.1 Å². The Kier molecular flexibility index (Phi) is 2.64. The highest BCUT2D eigenvalue weighted by Crippen LogP contribution is 2.27. The molecule has 0 aliphatic rings. The van der Waals surface area contributed by atoms with Gasteiger partial charge in [0.25, 0.3) is 5.89 Å². The lowest BCUT2D eigenvalue weighted by Gasteiger charge is -1.99. The molecule has 2 N–H and O–H groups in total. The van der Waals surface area contributed by atoms with Gasteiger partial charge in [0.1, 0.15) is 0 Å². The smallest absolute Gasteiger partial charge is 0.258 e. The van der Waals surface area contributed by atoms with Gasteiger partial charge in [-0.25, -0.2) is 0 Å². The molecule has 0 amide bonds. The van der Waals surface area contributed by atoms with Crippen molar-refractivity contribution in [2.24, 2.45) is 0 Å². The summed E-state index contributed by atoms with van der Waals surface area (Å²) in [5.41, 5.74) is 7.18. The minimum atomic E-state index is 0.403. The highest BCUT2D eigenvalue weighted by molar-refractivity contribution is 9.10. The average Bonchev–Trinajstić information content (AvgIpc) is 3.01. The van der Waals surface area contributed by atoms with Crippen LogP contribution in [0.15, 0.2) is 50.0 Å². The summed E-state index contributed by atoms with van der Waals surface area (Å²) in [6.45, 7) is 0. The molecule has 2 heterocycles. The van der Waals surface area contributed by atoms with Crippen molar-refractivity contribution in [2.45, 2.75) is 0 Å². The van der Waals surface area contributed by atoms with Gasteiger partial charge in [0.15, 0.2) is 5.76 Å². The number of hydrogen-bond donors (Lipinski definition) is 1. The van der Waals surface area contributed by atoms with Crippen molar-refractivity contribution in [1.82, 2.24) is 10.1 Å². The van der Waals surface area contributed by atoms with Crippen LogP contribution in [0.25, 0.3) is 23.0 Å². The highest BCUT2D eigenvalue weighted by atomic mass is 79.9. The quantitative estimate of drug-likeness (QED) is 0.735. The maximum Gasteiger partial charge on any atom is 0.258 e. The van der Waals surface area contributed by atoms with E-state index >= 15 is 0 Å². The highest BCUT2D eigenvalue weighted by Gasteiger charge is 2.12. The van der Waals surface area contributed by atoms with Crippen LogP contribution in [-0.4, -0.2) is 10.1 Å². The van der Waals surface area contributed by atoms with Crippen LogP contribution in [0.5, 0.6) is 0 Å². The van der Waals surface area contributed by atoms with Crippen molar-refractivity contribution < 1.29 is 8.94 Å². The van der Waals surface area contributed by atoms with Gasteiger partial charge >= 0.3 is 0 Å². The van der Waals surface area contributed by atoms with Crippen LogP contribution < -0.4 is 5.73 Å². The first-order chi connectivity index (χ1) is 8.74. The Hall–Kier alpha value is -2.08. The second-order valence-corrected chi connectivity index (χ2v) is 4.49. The molecule has 0 aliphatic heterocycles. The summed E-state index contributed by atoms with van der Waals surface area (Å²) in [4.78, 5) is 4.25. The topological polar surface area (TPSA) is 78.1 Å². The van der Waals surface area contributed by atoms with E-state index in [1.807, 2.05) is 12.1 Å². The van der Waals surface area contributed by atoms with E-state index < -0.39 is 0 Å². The summed E-state index contributed by atoms with van der Waals surface area (Å²) in [5.74, 6) is 1.38. The van der Waals surface area contributed by atoms with E-state index in [0.717, 1.165) is 10.0 Å². The largest absolute Gasteiger partial charge is 0.461 e. The van der Waals surface area contributed by atoms with Gasteiger partial charge < -0.3 is 14.7 Å². The van der Waals surface area contributed by atoms with E-state index in [9.17, 15) is 0 Å². The van der Waals surface area contributed by atoms with Crippen molar-refractivity contribution in [3.8, 4) is 23.0 Å². The standard InChI is InChI=1S/C12H8BrN3O2/c13-8-4-3-7(6-9(8)14)12-15-11(16-18-12)10-2-1-5-17-10/h1-6H,14H2. The van der Waals surface area contributed by atoms with Gasteiger partial charge in [-0.3, -0.25) is 0 Å². The normalized spacial score (nSPS) is 10.7. The summed E-state index contributed by atoms with van der Waals surface area (Å²) in [6.07, 6.45) is 1.56. The third-order valence-electron chi connectivity index (χ3n) is 2.41. The number of rotatable bonds is 2. The SMILES string of the molecule is Nc1cc(-c2nc(-c3ccco3)no2)ccc1Br. The number of anilines is 1. The molecule has 3 rings (SSSR count). The lowest BCUT2D eigenvalue weighted by Crippen LogP contribution is -1.87. The molecule has 0 saturated heterocycles. The molecule has 0 unspecified atom stereocenters. The van der Waals surface area contributed by atoms with E-state index in [1.165, 1.54) is 0 Å². The number of benzene rings is 1. The molecule has 90 valence electrons. The molecule has 5 nitrogen and oxygen atoms in total. The Morgan fingerprint density at radius 3 is 2.83 bits per heavy atom. The minimum absolute atomic E-state index is 0.403. The Morgan fingerprint density at radius 1 is 1.22 bits per heavy atom. The molecule has 0 atom stereocenters. The average molecular weight is 306 g/mol. The first-order valence-corrected chi connectivity index (χ1v) is 5.96. The maximum atomic E-state index is 5.80. The zero-order chi connectivity index (χ0) is 12.5. The number of nitrogens with two attached hydrogens (primary N) is 1. The number of nitrogen functional groups attached to an aromatic ring is 1. The summed E-state index contributed by atoms with van der Waals surface area (Å²) in [5, 5.41) is 3.85. The van der Waals surface area contributed by atoms with Crippen LogP contribution in [0.1, 0.15) is 0 Å². The Morgan fingerprint density at radius 2 is 2.11 bits per heavy atom. The fraction of sp³-hybridized carbons (Fsp3) is 0. The van der Waals surface area contributed by atoms with Crippen LogP contribution in [0.4, 0.5) is 5.69 Å². The van der Waals surface area contributed by atoms with E-state index in [-0.39, 0.29) is 0 Å². The van der Waals surface area contributed by atoms with Gasteiger partial charge in [-0.05, 0) is 46.3 Å². The third kappa shape index (κ3) is 1.91. The summed E-state index contributed by atoms with van der Waals surface area (Å²) >= 11 is 3.33. The molecule has 2 aromatic heterocycles. The van der Waals surface area contributed by atoms with E-state index in [1.54, 1.807) is 24.5 Å². The van der Waals surface area contributed by atoms with Crippen molar-refractivity contribution in [1.29, 1.82) is 0 Å². The molecule has 6 heteroatoms. The lowest BCUT2D eigenvalue weighted by atomic mass is 10.2.